The maximum absolute atomic E-state index is 13.2. The zero-order valence-electron chi connectivity index (χ0n) is 14.7. The summed E-state index contributed by atoms with van der Waals surface area (Å²) in [6, 6.07) is 3.69. The molecule has 1 N–H and O–H groups in total. The lowest BCUT2D eigenvalue weighted by Crippen LogP contribution is -2.29. The largest absolute Gasteiger partial charge is 0.391 e. The first kappa shape index (κ1) is 18.2. The predicted octanol–water partition coefficient (Wildman–Crippen LogP) is 4.54. The summed E-state index contributed by atoms with van der Waals surface area (Å²) in [5, 5.41) is 6.41. The van der Waals surface area contributed by atoms with Gasteiger partial charge in [0.2, 0.25) is 0 Å². The van der Waals surface area contributed by atoms with Crippen LogP contribution in [0.25, 0.3) is 16.2 Å². The number of alkyl halides is 3. The van der Waals surface area contributed by atoms with Gasteiger partial charge in [0.25, 0.3) is 5.56 Å². The van der Waals surface area contributed by atoms with Gasteiger partial charge in [-0.05, 0) is 37.1 Å². The van der Waals surface area contributed by atoms with Crippen LogP contribution in [0, 0.1) is 5.92 Å². The lowest BCUT2D eigenvalue weighted by molar-refractivity contribution is -0.183. The van der Waals surface area contributed by atoms with Crippen LogP contribution in [0.4, 0.5) is 13.2 Å². The molecule has 9 heteroatoms. The van der Waals surface area contributed by atoms with Crippen LogP contribution in [0.2, 0.25) is 0 Å². The van der Waals surface area contributed by atoms with Crippen molar-refractivity contribution in [2.75, 3.05) is 0 Å². The number of hydrogen-bond donors (Lipinski definition) is 1. The number of hydrogen-bond acceptors (Lipinski definition) is 4. The number of nitrogens with one attached hydrogen (secondary N) is 1. The fraction of sp³-hybridized carbons (Fsp3) is 0.500. The Bertz CT molecular complexity index is 1010. The number of rotatable bonds is 3. The van der Waals surface area contributed by atoms with Gasteiger partial charge in [-0.25, -0.2) is 9.50 Å². The zero-order valence-corrected chi connectivity index (χ0v) is 15.5. The highest BCUT2D eigenvalue weighted by Crippen LogP contribution is 2.43. The number of halogens is 3. The minimum absolute atomic E-state index is 0.00538. The van der Waals surface area contributed by atoms with E-state index in [1.807, 2.05) is 24.4 Å². The first-order valence-electron chi connectivity index (χ1n) is 9.01. The normalized spacial score (nSPS) is 21.0. The summed E-state index contributed by atoms with van der Waals surface area (Å²) in [7, 11) is 0. The molecule has 1 saturated carbocycles. The number of H-pyrrole nitrogens is 1. The second-order valence-corrected chi connectivity index (χ2v) is 7.86. The number of imidazole rings is 1. The van der Waals surface area contributed by atoms with Gasteiger partial charge in [0.15, 0.2) is 11.3 Å². The second kappa shape index (κ2) is 6.78. The van der Waals surface area contributed by atoms with Crippen LogP contribution in [0.15, 0.2) is 22.3 Å². The lowest BCUT2D eigenvalue weighted by Gasteiger charge is -2.29. The lowest BCUT2D eigenvalue weighted by atomic mass is 9.80. The molecule has 27 heavy (non-hydrogen) atoms. The Morgan fingerprint density at radius 3 is 2.85 bits per heavy atom. The van der Waals surface area contributed by atoms with Gasteiger partial charge in [0.1, 0.15) is 5.82 Å². The van der Waals surface area contributed by atoms with Crippen LogP contribution in [0.5, 0.6) is 0 Å². The molecule has 0 aliphatic heterocycles. The van der Waals surface area contributed by atoms with Crippen molar-refractivity contribution >= 4 is 16.9 Å². The molecule has 0 spiro atoms. The van der Waals surface area contributed by atoms with Crippen LogP contribution in [-0.4, -0.2) is 25.8 Å². The van der Waals surface area contributed by atoms with Crippen LogP contribution in [0.3, 0.4) is 0 Å². The molecular weight excluding hydrogens is 377 g/mol. The molecule has 0 aromatic carbocycles. The van der Waals surface area contributed by atoms with E-state index in [4.69, 9.17) is 0 Å². The number of thiophene rings is 1. The molecule has 3 aromatic rings. The summed E-state index contributed by atoms with van der Waals surface area (Å²) in [4.78, 5) is 20.8. The van der Waals surface area contributed by atoms with Crippen LogP contribution in [-0.2, 0) is 6.42 Å². The fourth-order valence-corrected chi connectivity index (χ4v) is 4.52. The SMILES string of the molecule is CCc1nc(C2CCCC(C(F)(F)F)C2)n2nc(-c3cccs3)[nH]c(=O)c12. The molecule has 0 bridgehead atoms. The Morgan fingerprint density at radius 2 is 2.19 bits per heavy atom. The van der Waals surface area contributed by atoms with Crippen molar-refractivity contribution in [3.8, 4) is 10.7 Å². The van der Waals surface area contributed by atoms with E-state index in [1.165, 1.54) is 15.9 Å². The average Bonchev–Trinajstić information content (AvgIpc) is 3.29. The number of aromatic amines is 1. The average molecular weight is 396 g/mol. The van der Waals surface area contributed by atoms with Crippen LogP contribution < -0.4 is 5.56 Å². The van der Waals surface area contributed by atoms with Gasteiger partial charge in [-0.1, -0.05) is 19.4 Å². The summed E-state index contributed by atoms with van der Waals surface area (Å²) >= 11 is 1.44. The van der Waals surface area contributed by atoms with Crippen molar-refractivity contribution in [2.45, 2.75) is 51.1 Å². The quantitative estimate of drug-likeness (QED) is 0.707. The summed E-state index contributed by atoms with van der Waals surface area (Å²) in [5.41, 5.74) is 0.597. The third-order valence-electron chi connectivity index (χ3n) is 5.19. The summed E-state index contributed by atoms with van der Waals surface area (Å²) in [5.74, 6) is -0.803. The van der Waals surface area contributed by atoms with Gasteiger partial charge in [0, 0.05) is 5.92 Å². The van der Waals surface area contributed by atoms with Crippen molar-refractivity contribution in [3.05, 3.63) is 39.4 Å². The Kier molecular flexibility index (Phi) is 4.57. The molecule has 0 saturated heterocycles. The highest BCUT2D eigenvalue weighted by molar-refractivity contribution is 7.13. The standard InChI is InChI=1S/C18H19F3N4OS/c1-2-12-14-17(26)23-15(13-7-4-8-27-13)24-25(14)16(22-12)10-5-3-6-11(9-10)18(19,20)21/h4,7-8,10-11H,2-3,5-6,9H2,1H3,(H,23,24,26). The van der Waals surface area contributed by atoms with Crippen LogP contribution >= 0.6 is 11.3 Å². The molecule has 1 fully saturated rings. The number of nitrogens with zero attached hydrogens (tertiary/aromatic N) is 3. The molecule has 4 rings (SSSR count). The monoisotopic (exact) mass is 396 g/mol. The van der Waals surface area contributed by atoms with Gasteiger partial charge >= 0.3 is 6.18 Å². The van der Waals surface area contributed by atoms with E-state index in [0.29, 0.717) is 42.1 Å². The Labute approximate surface area is 157 Å². The van der Waals surface area contributed by atoms with Gasteiger partial charge < -0.3 is 4.98 Å². The van der Waals surface area contributed by atoms with E-state index in [9.17, 15) is 18.0 Å². The van der Waals surface area contributed by atoms with Crippen LogP contribution in [0.1, 0.15) is 50.0 Å². The Balaban J connectivity index is 1.84. The highest BCUT2D eigenvalue weighted by atomic mass is 32.1. The first-order valence-corrected chi connectivity index (χ1v) is 9.88. The first-order chi connectivity index (χ1) is 12.9. The summed E-state index contributed by atoms with van der Waals surface area (Å²) in [6.07, 6.45) is -2.43. The van der Waals surface area contributed by atoms with Crippen molar-refractivity contribution in [1.82, 2.24) is 19.6 Å². The van der Waals surface area contributed by atoms with Gasteiger partial charge in [-0.15, -0.1) is 16.4 Å². The third-order valence-corrected chi connectivity index (χ3v) is 6.07. The van der Waals surface area contributed by atoms with E-state index in [1.54, 1.807) is 0 Å². The van der Waals surface area contributed by atoms with Gasteiger partial charge in [-0.3, -0.25) is 4.79 Å². The van der Waals surface area contributed by atoms with E-state index in [0.717, 1.165) is 4.88 Å². The minimum Gasteiger partial charge on any atom is -0.303 e. The zero-order chi connectivity index (χ0) is 19.2. The maximum Gasteiger partial charge on any atom is 0.391 e. The molecule has 5 nitrogen and oxygen atoms in total. The predicted molar refractivity (Wildman–Crippen MR) is 97.1 cm³/mol. The molecule has 2 atom stereocenters. The summed E-state index contributed by atoms with van der Waals surface area (Å²) < 4.78 is 41.2. The van der Waals surface area contributed by atoms with Gasteiger partial charge in [-0.2, -0.15) is 13.2 Å². The molecule has 3 aromatic heterocycles. The Morgan fingerprint density at radius 1 is 1.37 bits per heavy atom. The topological polar surface area (TPSA) is 63.1 Å². The molecule has 0 radical (unpaired) electrons. The smallest absolute Gasteiger partial charge is 0.303 e. The van der Waals surface area contributed by atoms with E-state index in [-0.39, 0.29) is 24.3 Å². The van der Waals surface area contributed by atoms with Gasteiger partial charge in [0.05, 0.1) is 16.5 Å². The fourth-order valence-electron chi connectivity index (χ4n) is 3.85. The third kappa shape index (κ3) is 3.28. The number of aromatic nitrogens is 4. The molecule has 144 valence electrons. The van der Waals surface area contributed by atoms with Crippen molar-refractivity contribution < 1.29 is 13.2 Å². The molecule has 0 amide bonds. The Hall–Kier alpha value is -2.16. The van der Waals surface area contributed by atoms with Crippen molar-refractivity contribution in [2.24, 2.45) is 5.92 Å². The molecule has 1 aliphatic rings. The van der Waals surface area contributed by atoms with Crippen molar-refractivity contribution in [1.29, 1.82) is 0 Å². The summed E-state index contributed by atoms with van der Waals surface area (Å²) in [6.45, 7) is 1.87. The van der Waals surface area contributed by atoms with E-state index >= 15 is 0 Å². The van der Waals surface area contributed by atoms with Crippen molar-refractivity contribution in [3.63, 3.8) is 0 Å². The maximum atomic E-state index is 13.2. The second-order valence-electron chi connectivity index (χ2n) is 6.91. The minimum atomic E-state index is -4.20. The molecular formula is C18H19F3N4OS. The molecule has 2 unspecified atom stereocenters. The highest BCUT2D eigenvalue weighted by Gasteiger charge is 2.43. The number of fused-ring (bicyclic) bond motifs is 1. The molecule has 3 heterocycles. The molecule has 1 aliphatic carbocycles. The van der Waals surface area contributed by atoms with E-state index < -0.39 is 12.1 Å². The number of aryl methyl sites for hydroxylation is 1. The van der Waals surface area contributed by atoms with E-state index in [2.05, 4.69) is 15.1 Å².